The number of anilines is 2. The molecule has 10 heteroatoms. The molecule has 8 nitrogen and oxygen atoms in total. The Morgan fingerprint density at radius 1 is 1.26 bits per heavy atom. The van der Waals surface area contributed by atoms with Gasteiger partial charge in [-0.2, -0.15) is 0 Å². The van der Waals surface area contributed by atoms with E-state index in [0.29, 0.717) is 25.8 Å². The fraction of sp³-hybridized carbons (Fsp3) is 0.412. The van der Waals surface area contributed by atoms with Gasteiger partial charge in [0.2, 0.25) is 5.43 Å². The highest BCUT2D eigenvalue weighted by Gasteiger charge is 2.34. The molecular weight excluding hydrogens is 362 g/mol. The molecule has 1 saturated carbocycles. The van der Waals surface area contributed by atoms with Crippen LogP contribution in [0.15, 0.2) is 11.0 Å². The van der Waals surface area contributed by atoms with E-state index in [1.807, 2.05) is 0 Å². The molecule has 1 aliphatic heterocycles. The van der Waals surface area contributed by atoms with Crippen molar-refractivity contribution in [2.75, 3.05) is 23.7 Å². The van der Waals surface area contributed by atoms with Crippen LogP contribution in [0.1, 0.15) is 25.3 Å². The van der Waals surface area contributed by atoms with Gasteiger partial charge in [-0.25, -0.2) is 13.6 Å². The molecule has 2 aliphatic rings. The second-order valence-electron chi connectivity index (χ2n) is 6.94. The van der Waals surface area contributed by atoms with Crippen molar-refractivity contribution in [3.63, 3.8) is 0 Å². The summed E-state index contributed by atoms with van der Waals surface area (Å²) in [7, 11) is 0. The summed E-state index contributed by atoms with van der Waals surface area (Å²) < 4.78 is 36.3. The van der Waals surface area contributed by atoms with Gasteiger partial charge in [-0.15, -0.1) is 0 Å². The van der Waals surface area contributed by atoms with Crippen molar-refractivity contribution in [1.29, 1.82) is 0 Å². The van der Waals surface area contributed by atoms with Gasteiger partial charge in [-0.1, -0.05) is 0 Å². The van der Waals surface area contributed by atoms with E-state index in [9.17, 15) is 14.0 Å². The van der Waals surface area contributed by atoms with Crippen LogP contribution in [-0.4, -0.2) is 35.0 Å². The van der Waals surface area contributed by atoms with E-state index in [1.54, 1.807) is 0 Å². The van der Waals surface area contributed by atoms with Crippen molar-refractivity contribution >= 4 is 28.4 Å². The van der Waals surface area contributed by atoms with Crippen molar-refractivity contribution in [1.82, 2.24) is 4.57 Å². The SMILES string of the molecule is Nc1c(F)c(N2CC[C@H](N)C2)c(F)c2c1c(=O)c(OC(=O)O)cn2C1CC1. The highest BCUT2D eigenvalue weighted by atomic mass is 19.1. The Kier molecular flexibility index (Phi) is 3.95. The number of nitrogens with two attached hydrogens (primary N) is 2. The molecule has 0 spiro atoms. The average Bonchev–Trinajstić information content (AvgIpc) is 3.36. The Labute approximate surface area is 151 Å². The monoisotopic (exact) mass is 380 g/mol. The highest BCUT2D eigenvalue weighted by molar-refractivity contribution is 5.96. The van der Waals surface area contributed by atoms with Crippen molar-refractivity contribution in [2.24, 2.45) is 5.73 Å². The molecule has 1 atom stereocenters. The lowest BCUT2D eigenvalue weighted by molar-refractivity contribution is 0.143. The molecule has 27 heavy (non-hydrogen) atoms. The number of aromatic nitrogens is 1. The van der Waals surface area contributed by atoms with Gasteiger partial charge >= 0.3 is 6.16 Å². The highest BCUT2D eigenvalue weighted by Crippen LogP contribution is 2.42. The van der Waals surface area contributed by atoms with E-state index in [4.69, 9.17) is 16.6 Å². The zero-order chi connectivity index (χ0) is 19.5. The summed E-state index contributed by atoms with van der Waals surface area (Å²) >= 11 is 0. The number of hydrogen-bond acceptors (Lipinski definition) is 6. The van der Waals surface area contributed by atoms with Crippen LogP contribution < -0.4 is 26.5 Å². The maximum absolute atomic E-state index is 15.4. The first-order valence-electron chi connectivity index (χ1n) is 8.56. The summed E-state index contributed by atoms with van der Waals surface area (Å²) in [5, 5.41) is 8.42. The van der Waals surface area contributed by atoms with E-state index in [0.717, 1.165) is 6.20 Å². The first-order chi connectivity index (χ1) is 12.8. The zero-order valence-corrected chi connectivity index (χ0v) is 14.2. The largest absolute Gasteiger partial charge is 0.511 e. The normalized spacial score (nSPS) is 19.7. The standard InChI is InChI=1S/C17H18F2N4O4/c18-11-13(21)10-14(12(19)15(11)22-4-3-7(20)5-22)23(8-1-2-8)6-9(16(10)24)27-17(25)26/h6-8H,1-5,20-21H2,(H,25,26)/t7-/m0/s1. The molecule has 1 aromatic heterocycles. The van der Waals surface area contributed by atoms with E-state index in [2.05, 4.69) is 4.74 Å². The number of pyridine rings is 1. The molecule has 0 radical (unpaired) electrons. The molecule has 1 saturated heterocycles. The van der Waals surface area contributed by atoms with Crippen LogP contribution in [0.3, 0.4) is 0 Å². The third-order valence-electron chi connectivity index (χ3n) is 5.01. The minimum absolute atomic E-state index is 0.141. The quantitative estimate of drug-likeness (QED) is 0.548. The maximum Gasteiger partial charge on any atom is 0.511 e. The number of benzene rings is 1. The summed E-state index contributed by atoms with van der Waals surface area (Å²) in [5.74, 6) is -2.50. The lowest BCUT2D eigenvalue weighted by Crippen LogP contribution is -2.28. The van der Waals surface area contributed by atoms with Crippen molar-refractivity contribution < 1.29 is 23.4 Å². The van der Waals surface area contributed by atoms with Gasteiger partial charge in [0, 0.05) is 25.2 Å². The van der Waals surface area contributed by atoms with Crippen LogP contribution in [0, 0.1) is 11.6 Å². The predicted octanol–water partition coefficient (Wildman–Crippen LogP) is 1.79. The summed E-state index contributed by atoms with van der Waals surface area (Å²) in [6.07, 6.45) is 1.46. The van der Waals surface area contributed by atoms with Gasteiger partial charge < -0.3 is 30.8 Å². The van der Waals surface area contributed by atoms with Crippen LogP contribution >= 0.6 is 0 Å². The Hall–Kier alpha value is -2.88. The predicted molar refractivity (Wildman–Crippen MR) is 94.3 cm³/mol. The van der Waals surface area contributed by atoms with Gasteiger partial charge in [-0.3, -0.25) is 4.79 Å². The number of fused-ring (bicyclic) bond motifs is 1. The van der Waals surface area contributed by atoms with Crippen LogP contribution in [-0.2, 0) is 0 Å². The fourth-order valence-corrected chi connectivity index (χ4v) is 3.60. The van der Waals surface area contributed by atoms with Crippen molar-refractivity contribution in [3.8, 4) is 5.75 Å². The van der Waals surface area contributed by atoms with E-state index in [1.165, 1.54) is 9.47 Å². The fourth-order valence-electron chi connectivity index (χ4n) is 3.60. The molecule has 2 aromatic rings. The van der Waals surface area contributed by atoms with E-state index in [-0.39, 0.29) is 29.8 Å². The molecular formula is C17H18F2N4O4. The average molecular weight is 380 g/mol. The lowest BCUT2D eigenvalue weighted by Gasteiger charge is -2.23. The molecule has 2 fully saturated rings. The van der Waals surface area contributed by atoms with Crippen molar-refractivity contribution in [3.05, 3.63) is 28.1 Å². The summed E-state index contributed by atoms with van der Waals surface area (Å²) in [6.45, 7) is 0.639. The molecule has 5 N–H and O–H groups in total. The van der Waals surface area contributed by atoms with Crippen LogP contribution in [0.4, 0.5) is 25.0 Å². The smallest absolute Gasteiger partial charge is 0.449 e. The third kappa shape index (κ3) is 2.76. The molecule has 1 aromatic carbocycles. The Balaban J connectivity index is 2.04. The van der Waals surface area contributed by atoms with Crippen LogP contribution in [0.25, 0.3) is 10.9 Å². The summed E-state index contributed by atoms with van der Waals surface area (Å²) in [4.78, 5) is 25.0. The molecule has 0 bridgehead atoms. The first-order valence-corrected chi connectivity index (χ1v) is 8.56. The first kappa shape index (κ1) is 17.5. The molecule has 4 rings (SSSR count). The number of carboxylic acid groups (broad SMARTS) is 1. The number of nitrogen functional groups attached to an aromatic ring is 1. The van der Waals surface area contributed by atoms with Crippen LogP contribution in [0.2, 0.25) is 0 Å². The minimum atomic E-state index is -1.70. The van der Waals surface area contributed by atoms with Gasteiger partial charge in [0.25, 0.3) is 0 Å². The summed E-state index contributed by atoms with van der Waals surface area (Å²) in [5.41, 5.74) is 9.76. The zero-order valence-electron chi connectivity index (χ0n) is 14.2. The molecule has 0 unspecified atom stereocenters. The maximum atomic E-state index is 15.4. The second-order valence-corrected chi connectivity index (χ2v) is 6.94. The van der Waals surface area contributed by atoms with Gasteiger partial charge in [0.15, 0.2) is 17.4 Å². The molecule has 2 heterocycles. The number of carbonyl (C=O) groups is 1. The molecule has 0 amide bonds. The van der Waals surface area contributed by atoms with Gasteiger partial charge in [0.1, 0.15) is 5.69 Å². The number of ether oxygens (including phenoxy) is 1. The van der Waals surface area contributed by atoms with E-state index < -0.39 is 40.0 Å². The van der Waals surface area contributed by atoms with Crippen LogP contribution in [0.5, 0.6) is 5.75 Å². The van der Waals surface area contributed by atoms with Crippen molar-refractivity contribution in [2.45, 2.75) is 31.3 Å². The summed E-state index contributed by atoms with van der Waals surface area (Å²) in [6, 6.07) is -0.352. The number of nitrogens with zero attached hydrogens (tertiary/aromatic N) is 2. The number of rotatable bonds is 3. The Morgan fingerprint density at radius 2 is 1.96 bits per heavy atom. The number of halogens is 2. The third-order valence-corrected chi connectivity index (χ3v) is 5.01. The Morgan fingerprint density at radius 3 is 2.52 bits per heavy atom. The Bertz CT molecular complexity index is 1020. The van der Waals surface area contributed by atoms with Gasteiger partial charge in [0.05, 0.1) is 22.8 Å². The van der Waals surface area contributed by atoms with Gasteiger partial charge in [-0.05, 0) is 19.3 Å². The molecule has 1 aliphatic carbocycles. The lowest BCUT2D eigenvalue weighted by atomic mass is 10.1. The minimum Gasteiger partial charge on any atom is -0.449 e. The topological polar surface area (TPSA) is 124 Å². The second kappa shape index (κ2) is 6.08. The van der Waals surface area contributed by atoms with E-state index >= 15 is 4.39 Å². The number of hydrogen-bond donors (Lipinski definition) is 3. The molecule has 144 valence electrons.